The second kappa shape index (κ2) is 7.57. The molecule has 6 heteroatoms. The molecule has 1 atom stereocenters. The highest BCUT2D eigenvalue weighted by atomic mass is 16.2. The minimum atomic E-state index is -0.240. The molecule has 0 bridgehead atoms. The first-order valence-corrected chi connectivity index (χ1v) is 9.75. The molecule has 2 rings (SSSR count). The Kier molecular flexibility index (Phi) is 6.03. The third-order valence-electron chi connectivity index (χ3n) is 5.15. The summed E-state index contributed by atoms with van der Waals surface area (Å²) in [5.74, 6) is 0.0167. The van der Waals surface area contributed by atoms with Crippen LogP contribution in [0.4, 0.5) is 0 Å². The average molecular weight is 366 g/mol. The third-order valence-corrected chi connectivity index (χ3v) is 5.15. The molecular formula is C20H35N3O3. The van der Waals surface area contributed by atoms with Gasteiger partial charge >= 0.3 is 0 Å². The van der Waals surface area contributed by atoms with Crippen LogP contribution in [0.2, 0.25) is 0 Å². The van der Waals surface area contributed by atoms with Crippen LogP contribution in [0.1, 0.15) is 67.2 Å². The van der Waals surface area contributed by atoms with E-state index < -0.39 is 0 Å². The minimum Gasteiger partial charge on any atom is -0.353 e. The van der Waals surface area contributed by atoms with Crippen molar-refractivity contribution in [3.63, 3.8) is 0 Å². The van der Waals surface area contributed by atoms with Gasteiger partial charge in [-0.05, 0) is 39.0 Å². The van der Waals surface area contributed by atoms with Crippen LogP contribution in [0.15, 0.2) is 0 Å². The molecule has 6 nitrogen and oxygen atoms in total. The lowest BCUT2D eigenvalue weighted by Gasteiger charge is -2.35. The van der Waals surface area contributed by atoms with Gasteiger partial charge in [-0.1, -0.05) is 20.8 Å². The smallest absolute Gasteiger partial charge is 0.227 e. The molecule has 0 spiro atoms. The number of carbonyl (C=O) groups excluding carboxylic acids is 3. The molecule has 26 heavy (non-hydrogen) atoms. The van der Waals surface area contributed by atoms with Crippen LogP contribution in [-0.2, 0) is 14.4 Å². The number of carbonyl (C=O) groups is 3. The zero-order valence-electron chi connectivity index (χ0n) is 17.2. The molecule has 2 fully saturated rings. The Morgan fingerprint density at radius 2 is 1.65 bits per heavy atom. The fourth-order valence-electron chi connectivity index (χ4n) is 3.78. The molecule has 2 aliphatic heterocycles. The molecule has 2 aliphatic rings. The van der Waals surface area contributed by atoms with E-state index in [0.717, 1.165) is 12.8 Å². The van der Waals surface area contributed by atoms with Crippen molar-refractivity contribution >= 4 is 17.7 Å². The van der Waals surface area contributed by atoms with Gasteiger partial charge in [-0.3, -0.25) is 14.4 Å². The first kappa shape index (κ1) is 20.7. The van der Waals surface area contributed by atoms with E-state index >= 15 is 0 Å². The average Bonchev–Trinajstić information content (AvgIpc) is 2.87. The molecule has 0 radical (unpaired) electrons. The first-order valence-electron chi connectivity index (χ1n) is 9.75. The number of rotatable bonds is 3. The summed E-state index contributed by atoms with van der Waals surface area (Å²) in [6.45, 7) is 14.0. The van der Waals surface area contributed by atoms with Crippen LogP contribution in [-0.4, -0.2) is 58.7 Å². The zero-order chi connectivity index (χ0) is 19.7. The van der Waals surface area contributed by atoms with E-state index in [4.69, 9.17) is 0 Å². The maximum Gasteiger partial charge on any atom is 0.227 e. The predicted octanol–water partition coefficient (Wildman–Crippen LogP) is 2.18. The minimum absolute atomic E-state index is 0.0192. The molecule has 148 valence electrons. The molecule has 0 aromatic rings. The maximum absolute atomic E-state index is 12.8. The summed E-state index contributed by atoms with van der Waals surface area (Å²) in [6, 6.07) is 0.144. The summed E-state index contributed by atoms with van der Waals surface area (Å²) in [5.41, 5.74) is -0.259. The van der Waals surface area contributed by atoms with E-state index in [9.17, 15) is 14.4 Å². The van der Waals surface area contributed by atoms with Gasteiger partial charge in [-0.2, -0.15) is 0 Å². The number of likely N-dealkylation sites (tertiary alicyclic amines) is 2. The summed E-state index contributed by atoms with van der Waals surface area (Å²) < 4.78 is 0. The maximum atomic E-state index is 12.8. The monoisotopic (exact) mass is 365 g/mol. The van der Waals surface area contributed by atoms with E-state index in [2.05, 4.69) is 26.1 Å². The van der Waals surface area contributed by atoms with Gasteiger partial charge in [0.1, 0.15) is 0 Å². The van der Waals surface area contributed by atoms with Crippen molar-refractivity contribution in [3.8, 4) is 0 Å². The standard InChI is InChI=1S/C20H35N3O3/c1-19(2,3)12-16(24)21-15-7-9-22(10-8-15)18(26)14-11-17(25)23(13-14)20(4,5)6/h14-15H,7-13H2,1-6H3,(H,21,24). The van der Waals surface area contributed by atoms with Gasteiger partial charge in [-0.15, -0.1) is 0 Å². The number of nitrogens with zero attached hydrogens (tertiary/aromatic N) is 2. The highest BCUT2D eigenvalue weighted by Gasteiger charge is 2.41. The molecule has 1 unspecified atom stereocenters. The lowest BCUT2D eigenvalue weighted by Crippen LogP contribution is -2.49. The molecule has 3 amide bonds. The number of piperidine rings is 1. The largest absolute Gasteiger partial charge is 0.353 e. The van der Waals surface area contributed by atoms with Crippen LogP contribution in [0, 0.1) is 11.3 Å². The zero-order valence-corrected chi connectivity index (χ0v) is 17.2. The normalized spacial score (nSPS) is 22.7. The van der Waals surface area contributed by atoms with Gasteiger partial charge in [-0.25, -0.2) is 0 Å². The molecule has 0 saturated carbocycles. The van der Waals surface area contributed by atoms with Gasteiger partial charge in [0.2, 0.25) is 17.7 Å². The Labute approximate surface area is 157 Å². The molecule has 2 heterocycles. The number of hydrogen-bond donors (Lipinski definition) is 1. The Balaban J connectivity index is 1.82. The SMILES string of the molecule is CC(C)(C)CC(=O)NC1CCN(C(=O)C2CC(=O)N(C(C)(C)C)C2)CC1. The summed E-state index contributed by atoms with van der Waals surface area (Å²) in [4.78, 5) is 40.8. The summed E-state index contributed by atoms with van der Waals surface area (Å²) in [6.07, 6.45) is 2.40. The van der Waals surface area contributed by atoms with Gasteiger partial charge in [0.25, 0.3) is 0 Å². The molecule has 1 N–H and O–H groups in total. The highest BCUT2D eigenvalue weighted by Crippen LogP contribution is 2.28. The second-order valence-corrected chi connectivity index (χ2v) is 9.98. The molecule has 0 aromatic carbocycles. The highest BCUT2D eigenvalue weighted by molar-refractivity contribution is 5.89. The number of hydrogen-bond acceptors (Lipinski definition) is 3. The third kappa shape index (κ3) is 5.45. The Morgan fingerprint density at radius 1 is 1.08 bits per heavy atom. The van der Waals surface area contributed by atoms with Gasteiger partial charge in [0.05, 0.1) is 5.92 Å². The Bertz CT molecular complexity index is 552. The van der Waals surface area contributed by atoms with E-state index in [1.807, 2.05) is 30.6 Å². The van der Waals surface area contributed by atoms with Crippen molar-refractivity contribution in [2.24, 2.45) is 11.3 Å². The summed E-state index contributed by atoms with van der Waals surface area (Å²) >= 11 is 0. The van der Waals surface area contributed by atoms with E-state index in [1.165, 1.54) is 0 Å². The van der Waals surface area contributed by atoms with E-state index in [0.29, 0.717) is 32.5 Å². The molecular weight excluding hydrogens is 330 g/mol. The fourth-order valence-corrected chi connectivity index (χ4v) is 3.78. The number of nitrogens with one attached hydrogen (secondary N) is 1. The second-order valence-electron chi connectivity index (χ2n) is 9.98. The van der Waals surface area contributed by atoms with Gasteiger partial charge in [0, 0.05) is 44.1 Å². The van der Waals surface area contributed by atoms with Gasteiger partial charge in [0.15, 0.2) is 0 Å². The number of amides is 3. The molecule has 0 aliphatic carbocycles. The Morgan fingerprint density at radius 3 is 2.12 bits per heavy atom. The van der Waals surface area contributed by atoms with Crippen LogP contribution in [0.5, 0.6) is 0 Å². The molecule has 2 saturated heterocycles. The lowest BCUT2D eigenvalue weighted by molar-refractivity contribution is -0.137. The van der Waals surface area contributed by atoms with Crippen LogP contribution < -0.4 is 5.32 Å². The summed E-state index contributed by atoms with van der Waals surface area (Å²) in [5, 5.41) is 3.10. The van der Waals surface area contributed by atoms with Crippen molar-refractivity contribution in [1.82, 2.24) is 15.1 Å². The summed E-state index contributed by atoms with van der Waals surface area (Å²) in [7, 11) is 0. The van der Waals surface area contributed by atoms with Crippen molar-refractivity contribution in [3.05, 3.63) is 0 Å². The van der Waals surface area contributed by atoms with Crippen LogP contribution in [0.25, 0.3) is 0 Å². The lowest BCUT2D eigenvalue weighted by atomic mass is 9.91. The fraction of sp³-hybridized carbons (Fsp3) is 0.850. The Hall–Kier alpha value is -1.59. The van der Waals surface area contributed by atoms with Crippen molar-refractivity contribution in [2.45, 2.75) is 78.8 Å². The van der Waals surface area contributed by atoms with Crippen LogP contribution >= 0.6 is 0 Å². The van der Waals surface area contributed by atoms with E-state index in [1.54, 1.807) is 0 Å². The van der Waals surface area contributed by atoms with Crippen molar-refractivity contribution < 1.29 is 14.4 Å². The predicted molar refractivity (Wildman–Crippen MR) is 101 cm³/mol. The van der Waals surface area contributed by atoms with Gasteiger partial charge < -0.3 is 15.1 Å². The van der Waals surface area contributed by atoms with Crippen LogP contribution in [0.3, 0.4) is 0 Å². The topological polar surface area (TPSA) is 69.7 Å². The van der Waals surface area contributed by atoms with Crippen molar-refractivity contribution in [1.29, 1.82) is 0 Å². The molecule has 0 aromatic heterocycles. The van der Waals surface area contributed by atoms with Crippen molar-refractivity contribution in [2.75, 3.05) is 19.6 Å². The van der Waals surface area contributed by atoms with E-state index in [-0.39, 0.29) is 40.6 Å². The quantitative estimate of drug-likeness (QED) is 0.833. The first-order chi connectivity index (χ1) is 11.9.